The molecule has 13 heteroatoms. The Hall–Kier alpha value is 0.889. The second-order valence-corrected chi connectivity index (χ2v) is 0.980. The summed E-state index contributed by atoms with van der Waals surface area (Å²) in [6.45, 7) is 0. The minimum absolute atomic E-state index is 0. The summed E-state index contributed by atoms with van der Waals surface area (Å²) >= 11 is 0. The summed E-state index contributed by atoms with van der Waals surface area (Å²) in [5.41, 5.74) is 0. The average Bonchev–Trinajstić information content (AvgIpc) is 1.92. The van der Waals surface area contributed by atoms with Crippen LogP contribution in [-0.4, -0.2) is 19.6 Å². The zero-order chi connectivity index (χ0) is 10.8. The van der Waals surface area contributed by atoms with Gasteiger partial charge in [-0.25, -0.2) is 18.3 Å². The molecule has 0 atom stereocenters. The normalized spacial score (nSPS) is 6.46. The maximum atomic E-state index is 8.46. The Balaban J connectivity index is -0.0000000213. The second kappa shape index (κ2) is 76.2. The largest absolute Gasteiger partial charge is 0.324 e. The third kappa shape index (κ3) is 1930. The molecule has 81 valence electrons. The van der Waals surface area contributed by atoms with E-state index in [1.165, 1.54) is 0 Å². The van der Waals surface area contributed by atoms with Gasteiger partial charge < -0.3 is 19.6 Å². The van der Waals surface area contributed by atoms with Crippen LogP contribution in [-0.2, 0) is 38.4 Å². The summed E-state index contributed by atoms with van der Waals surface area (Å²) in [6.07, 6.45) is 0. The Kier molecular flexibility index (Phi) is 171. The zero-order valence-corrected chi connectivity index (χ0v) is 11.5. The Labute approximate surface area is 92.9 Å². The molecular weight excluding hydrogens is 444 g/mol. The molecule has 0 saturated heterocycles. The minimum atomic E-state index is -0.833. The Morgan fingerprint density at radius 2 is 0.538 bits per heavy atom. The fourth-order valence-electron chi connectivity index (χ4n) is 0. The summed E-state index contributed by atoms with van der Waals surface area (Å²) in [7, 11) is -3.33. The quantitative estimate of drug-likeness (QED) is 0.397. The molecule has 0 fully saturated rings. The molecule has 0 rings (SSSR count). The van der Waals surface area contributed by atoms with E-state index in [1.54, 1.807) is 0 Å². The molecule has 0 amide bonds. The standard InChI is InChI=1S/Ir.4HO2P/c;4*1-3-2/h;4*(H,1,2). The third-order valence-electron chi connectivity index (χ3n) is 0. The van der Waals surface area contributed by atoms with E-state index in [-0.39, 0.29) is 20.1 Å². The van der Waals surface area contributed by atoms with Gasteiger partial charge in [0, 0.05) is 20.1 Å². The van der Waals surface area contributed by atoms with Crippen LogP contribution < -0.4 is 0 Å². The van der Waals surface area contributed by atoms with E-state index in [2.05, 4.69) is 0 Å². The number of hydrogen-bond acceptors (Lipinski definition) is 4. The smallest absolute Gasteiger partial charge is 0.310 e. The molecule has 0 aliphatic heterocycles. The van der Waals surface area contributed by atoms with Gasteiger partial charge in [-0.05, 0) is 0 Å². The van der Waals surface area contributed by atoms with Crippen LogP contribution in [0, 0.1) is 0 Å². The molecule has 0 aromatic rings. The molecular formula is H4IrO8P4. The maximum absolute atomic E-state index is 8.46. The van der Waals surface area contributed by atoms with Crippen molar-refractivity contribution in [1.29, 1.82) is 0 Å². The fraction of sp³-hybridized carbons (Fsp3) is 0. The van der Waals surface area contributed by atoms with Crippen LogP contribution in [0.2, 0.25) is 0 Å². The third-order valence-corrected chi connectivity index (χ3v) is 0. The van der Waals surface area contributed by atoms with E-state index in [1.807, 2.05) is 0 Å². The van der Waals surface area contributed by atoms with E-state index in [9.17, 15) is 0 Å². The first-order chi connectivity index (χ1) is 5.66. The van der Waals surface area contributed by atoms with Gasteiger partial charge in [0.15, 0.2) is 0 Å². The number of rotatable bonds is 0. The van der Waals surface area contributed by atoms with Gasteiger partial charge in [0.25, 0.3) is 0 Å². The van der Waals surface area contributed by atoms with Crippen LogP contribution in [0.4, 0.5) is 0 Å². The predicted octanol–water partition coefficient (Wildman–Crippen LogP) is 0.739. The molecule has 0 unspecified atom stereocenters. The molecule has 13 heavy (non-hydrogen) atoms. The van der Waals surface area contributed by atoms with Crippen molar-refractivity contribution in [3.8, 4) is 0 Å². The molecule has 0 saturated carbocycles. The van der Waals surface area contributed by atoms with Crippen LogP contribution in [0.3, 0.4) is 0 Å². The molecule has 0 aliphatic carbocycles. The molecule has 0 heterocycles. The average molecular weight is 448 g/mol. The van der Waals surface area contributed by atoms with E-state index in [0.717, 1.165) is 0 Å². The Morgan fingerprint density at radius 3 is 0.538 bits per heavy atom. The van der Waals surface area contributed by atoms with Crippen molar-refractivity contribution in [3.63, 3.8) is 0 Å². The molecule has 0 bridgehead atoms. The predicted molar refractivity (Wildman–Crippen MR) is 39.3 cm³/mol. The molecule has 0 aromatic heterocycles. The molecule has 8 nitrogen and oxygen atoms in total. The molecule has 1 radical (unpaired) electrons. The first kappa shape index (κ1) is 29.2. The van der Waals surface area contributed by atoms with Gasteiger partial charge in [-0.2, -0.15) is 0 Å². The van der Waals surface area contributed by atoms with Crippen molar-refractivity contribution < 1.29 is 57.9 Å². The topological polar surface area (TPSA) is 149 Å². The van der Waals surface area contributed by atoms with Gasteiger partial charge >= 0.3 is 34.7 Å². The van der Waals surface area contributed by atoms with E-state index < -0.39 is 34.7 Å². The van der Waals surface area contributed by atoms with Gasteiger partial charge in [-0.1, -0.05) is 0 Å². The molecule has 0 spiro atoms. The first-order valence-electron chi connectivity index (χ1n) is 1.53. The van der Waals surface area contributed by atoms with Crippen molar-refractivity contribution in [3.05, 3.63) is 0 Å². The summed E-state index contributed by atoms with van der Waals surface area (Å²) < 4.78 is 33.8. The summed E-state index contributed by atoms with van der Waals surface area (Å²) in [5, 5.41) is 0. The SMILES string of the molecule is O=PO.O=PO.O=PO.O=PO.[Ir]. The Morgan fingerprint density at radius 1 is 0.538 bits per heavy atom. The van der Waals surface area contributed by atoms with Gasteiger partial charge in [-0.15, -0.1) is 0 Å². The molecule has 4 N–H and O–H groups in total. The second-order valence-electron chi connectivity index (χ2n) is 0.327. The molecule has 0 aliphatic rings. The fourth-order valence-corrected chi connectivity index (χ4v) is 0. The van der Waals surface area contributed by atoms with Gasteiger partial charge in [0.05, 0.1) is 0 Å². The van der Waals surface area contributed by atoms with Crippen LogP contribution >= 0.6 is 34.7 Å². The van der Waals surface area contributed by atoms with Crippen LogP contribution in [0.15, 0.2) is 0 Å². The van der Waals surface area contributed by atoms with Crippen molar-refractivity contribution >= 4 is 34.7 Å². The van der Waals surface area contributed by atoms with Gasteiger partial charge in [0.2, 0.25) is 0 Å². The van der Waals surface area contributed by atoms with Crippen LogP contribution in [0.1, 0.15) is 0 Å². The van der Waals surface area contributed by atoms with Crippen molar-refractivity contribution in [1.82, 2.24) is 0 Å². The number of hydrogen-bond donors (Lipinski definition) is 4. The van der Waals surface area contributed by atoms with Crippen LogP contribution in [0.25, 0.3) is 0 Å². The minimum Gasteiger partial charge on any atom is -0.310 e. The van der Waals surface area contributed by atoms with Crippen molar-refractivity contribution in [2.24, 2.45) is 0 Å². The monoisotopic (exact) mass is 449 g/mol. The van der Waals surface area contributed by atoms with Gasteiger partial charge in [0.1, 0.15) is 0 Å². The molecule has 0 aromatic carbocycles. The van der Waals surface area contributed by atoms with E-state index in [4.69, 9.17) is 37.8 Å². The van der Waals surface area contributed by atoms with E-state index >= 15 is 0 Å². The summed E-state index contributed by atoms with van der Waals surface area (Å²) in [5.74, 6) is 0. The van der Waals surface area contributed by atoms with Crippen molar-refractivity contribution in [2.45, 2.75) is 0 Å². The van der Waals surface area contributed by atoms with Crippen molar-refractivity contribution in [2.75, 3.05) is 0 Å². The zero-order valence-electron chi connectivity index (χ0n) is 5.54. The Bertz CT molecular complexity index is 70.1. The van der Waals surface area contributed by atoms with E-state index in [0.29, 0.717) is 0 Å². The van der Waals surface area contributed by atoms with Gasteiger partial charge in [-0.3, -0.25) is 0 Å². The van der Waals surface area contributed by atoms with Crippen LogP contribution in [0.5, 0.6) is 0 Å². The summed E-state index contributed by atoms with van der Waals surface area (Å²) in [4.78, 5) is 27.9. The maximum Gasteiger partial charge on any atom is 0.324 e. The summed E-state index contributed by atoms with van der Waals surface area (Å²) in [6, 6.07) is 0. The first-order valence-corrected chi connectivity index (χ1v) is 4.59.